The number of methoxy groups -OCH3 is 1. The van der Waals surface area contributed by atoms with Gasteiger partial charge in [-0.25, -0.2) is 9.97 Å². The molecule has 4 nitrogen and oxygen atoms in total. The number of hydrogen-bond donors (Lipinski definition) is 1. The molecule has 1 aromatic carbocycles. The molecule has 2 heterocycles. The quantitative estimate of drug-likeness (QED) is 0.589. The molecule has 0 radical (unpaired) electrons. The summed E-state index contributed by atoms with van der Waals surface area (Å²) in [6.07, 6.45) is 0. The number of thiophene rings is 1. The molecule has 0 aliphatic rings. The normalized spacial score (nSPS) is 10.8. The average molecular weight is 303 g/mol. The van der Waals surface area contributed by atoms with Crippen molar-refractivity contribution in [1.29, 1.82) is 0 Å². The van der Waals surface area contributed by atoms with Gasteiger partial charge in [-0.15, -0.1) is 11.3 Å². The Kier molecular flexibility index (Phi) is 3.75. The molecule has 0 spiro atoms. The van der Waals surface area contributed by atoms with Gasteiger partial charge in [0, 0.05) is 11.3 Å². The fourth-order valence-electron chi connectivity index (χ4n) is 1.89. The third-order valence-electron chi connectivity index (χ3n) is 2.88. The van der Waals surface area contributed by atoms with Crippen molar-refractivity contribution in [1.82, 2.24) is 9.97 Å². The van der Waals surface area contributed by atoms with Gasteiger partial charge in [0.2, 0.25) is 0 Å². The lowest BCUT2D eigenvalue weighted by Crippen LogP contribution is -1.96. The van der Waals surface area contributed by atoms with E-state index in [1.54, 1.807) is 30.2 Å². The van der Waals surface area contributed by atoms with Gasteiger partial charge in [-0.3, -0.25) is 0 Å². The van der Waals surface area contributed by atoms with Crippen LogP contribution in [-0.4, -0.2) is 17.1 Å². The molecule has 0 fully saturated rings. The van der Waals surface area contributed by atoms with Crippen LogP contribution in [0.15, 0.2) is 40.9 Å². The van der Waals surface area contributed by atoms with Crippen molar-refractivity contribution in [2.24, 2.45) is 0 Å². The Bertz CT molecular complexity index is 742. The Labute approximate surface area is 125 Å². The molecular weight excluding hydrogens is 290 g/mol. The van der Waals surface area contributed by atoms with Crippen LogP contribution in [0.5, 0.6) is 5.75 Å². The van der Waals surface area contributed by atoms with Crippen LogP contribution in [0.2, 0.25) is 0 Å². The predicted octanol–water partition coefficient (Wildman–Crippen LogP) is 3.57. The number of para-hydroxylation sites is 1. The summed E-state index contributed by atoms with van der Waals surface area (Å²) in [5.41, 5.74) is 7.06. The standard InChI is InChI=1S/C14H13N3OS2/c1-18-11-5-3-2-4-9(11)8-20-14-16-12(15)10-6-7-19-13(10)17-14/h2-7H,8H2,1H3,(H2,15,16,17). The highest BCUT2D eigenvalue weighted by molar-refractivity contribution is 7.98. The van der Waals surface area contributed by atoms with Crippen molar-refractivity contribution in [3.05, 3.63) is 41.3 Å². The molecule has 0 bridgehead atoms. The van der Waals surface area contributed by atoms with Gasteiger partial charge in [0.25, 0.3) is 0 Å². The number of anilines is 1. The van der Waals surface area contributed by atoms with Gasteiger partial charge in [0.15, 0.2) is 5.16 Å². The van der Waals surface area contributed by atoms with Gasteiger partial charge >= 0.3 is 0 Å². The first-order valence-electron chi connectivity index (χ1n) is 6.03. The Morgan fingerprint density at radius 3 is 2.95 bits per heavy atom. The molecule has 0 saturated carbocycles. The van der Waals surface area contributed by atoms with E-state index in [1.807, 2.05) is 35.7 Å². The zero-order chi connectivity index (χ0) is 13.9. The van der Waals surface area contributed by atoms with Crippen molar-refractivity contribution in [3.8, 4) is 5.75 Å². The van der Waals surface area contributed by atoms with Crippen molar-refractivity contribution < 1.29 is 4.74 Å². The van der Waals surface area contributed by atoms with E-state index >= 15 is 0 Å². The molecule has 20 heavy (non-hydrogen) atoms. The molecule has 6 heteroatoms. The second-order valence-electron chi connectivity index (χ2n) is 4.13. The number of thioether (sulfide) groups is 1. The highest BCUT2D eigenvalue weighted by Gasteiger charge is 2.08. The first kappa shape index (κ1) is 13.2. The van der Waals surface area contributed by atoms with E-state index < -0.39 is 0 Å². The molecule has 0 aliphatic carbocycles. The Morgan fingerprint density at radius 2 is 2.10 bits per heavy atom. The molecular formula is C14H13N3OS2. The number of nitrogens with zero attached hydrogens (tertiary/aromatic N) is 2. The third-order valence-corrected chi connectivity index (χ3v) is 4.59. The van der Waals surface area contributed by atoms with E-state index in [0.717, 1.165) is 27.3 Å². The molecule has 0 atom stereocenters. The topological polar surface area (TPSA) is 61.0 Å². The fourth-order valence-corrected chi connectivity index (χ4v) is 3.56. The van der Waals surface area contributed by atoms with Crippen LogP contribution in [0.1, 0.15) is 5.56 Å². The van der Waals surface area contributed by atoms with Gasteiger partial charge in [-0.1, -0.05) is 30.0 Å². The van der Waals surface area contributed by atoms with E-state index in [4.69, 9.17) is 10.5 Å². The van der Waals surface area contributed by atoms with Crippen molar-refractivity contribution >= 4 is 39.1 Å². The molecule has 0 aliphatic heterocycles. The largest absolute Gasteiger partial charge is 0.496 e. The van der Waals surface area contributed by atoms with Gasteiger partial charge in [0.05, 0.1) is 12.5 Å². The summed E-state index contributed by atoms with van der Waals surface area (Å²) in [5, 5.41) is 3.60. The summed E-state index contributed by atoms with van der Waals surface area (Å²) in [6.45, 7) is 0. The summed E-state index contributed by atoms with van der Waals surface area (Å²) >= 11 is 3.14. The number of nitrogen functional groups attached to an aromatic ring is 1. The van der Waals surface area contributed by atoms with Crippen molar-refractivity contribution in [3.63, 3.8) is 0 Å². The predicted molar refractivity (Wildman–Crippen MR) is 84.4 cm³/mol. The van der Waals surface area contributed by atoms with Crippen LogP contribution in [0.4, 0.5) is 5.82 Å². The average Bonchev–Trinajstić information content (AvgIpc) is 2.94. The first-order valence-corrected chi connectivity index (χ1v) is 7.90. The van der Waals surface area contributed by atoms with Crippen molar-refractivity contribution in [2.45, 2.75) is 10.9 Å². The fraction of sp³-hybridized carbons (Fsp3) is 0.143. The zero-order valence-electron chi connectivity index (χ0n) is 10.9. The van der Waals surface area contributed by atoms with Crippen LogP contribution in [-0.2, 0) is 5.75 Å². The highest BCUT2D eigenvalue weighted by atomic mass is 32.2. The maximum Gasteiger partial charge on any atom is 0.191 e. The zero-order valence-corrected chi connectivity index (χ0v) is 12.5. The van der Waals surface area contributed by atoms with Crippen LogP contribution in [0, 0.1) is 0 Å². The van der Waals surface area contributed by atoms with Gasteiger partial charge < -0.3 is 10.5 Å². The number of aromatic nitrogens is 2. The number of hydrogen-bond acceptors (Lipinski definition) is 6. The van der Waals surface area contributed by atoms with Gasteiger partial charge in [0.1, 0.15) is 16.4 Å². The minimum Gasteiger partial charge on any atom is -0.496 e. The number of nitrogens with two attached hydrogens (primary N) is 1. The summed E-state index contributed by atoms with van der Waals surface area (Å²) in [6, 6.07) is 9.89. The number of benzene rings is 1. The highest BCUT2D eigenvalue weighted by Crippen LogP contribution is 2.29. The van der Waals surface area contributed by atoms with Crippen LogP contribution < -0.4 is 10.5 Å². The van der Waals surface area contributed by atoms with Crippen LogP contribution in [0.3, 0.4) is 0 Å². The maximum atomic E-state index is 5.94. The second kappa shape index (κ2) is 5.68. The second-order valence-corrected chi connectivity index (χ2v) is 5.97. The summed E-state index contributed by atoms with van der Waals surface area (Å²) < 4.78 is 5.34. The lowest BCUT2D eigenvalue weighted by molar-refractivity contribution is 0.411. The summed E-state index contributed by atoms with van der Waals surface area (Å²) in [7, 11) is 1.68. The smallest absolute Gasteiger partial charge is 0.191 e. The Morgan fingerprint density at radius 1 is 1.25 bits per heavy atom. The van der Waals surface area contributed by atoms with Crippen LogP contribution >= 0.6 is 23.1 Å². The van der Waals surface area contributed by atoms with E-state index in [-0.39, 0.29) is 0 Å². The van der Waals surface area contributed by atoms with E-state index in [2.05, 4.69) is 9.97 Å². The SMILES string of the molecule is COc1ccccc1CSc1nc(N)c2ccsc2n1. The maximum absolute atomic E-state index is 5.94. The summed E-state index contributed by atoms with van der Waals surface area (Å²) in [4.78, 5) is 9.79. The minimum absolute atomic E-state index is 0.541. The van der Waals surface area contributed by atoms with E-state index in [9.17, 15) is 0 Å². The minimum atomic E-state index is 0.541. The van der Waals surface area contributed by atoms with Crippen LogP contribution in [0.25, 0.3) is 10.2 Å². The molecule has 0 saturated heterocycles. The van der Waals surface area contributed by atoms with Gasteiger partial charge in [-0.2, -0.15) is 0 Å². The molecule has 0 unspecified atom stereocenters. The lowest BCUT2D eigenvalue weighted by atomic mass is 10.2. The molecule has 2 N–H and O–H groups in total. The van der Waals surface area contributed by atoms with Gasteiger partial charge in [-0.05, 0) is 17.5 Å². The number of fused-ring (bicyclic) bond motifs is 1. The molecule has 2 aromatic heterocycles. The Balaban J connectivity index is 1.83. The molecule has 3 aromatic rings. The number of rotatable bonds is 4. The van der Waals surface area contributed by atoms with E-state index in [1.165, 1.54) is 0 Å². The van der Waals surface area contributed by atoms with Crippen molar-refractivity contribution in [2.75, 3.05) is 12.8 Å². The third kappa shape index (κ3) is 2.57. The summed E-state index contributed by atoms with van der Waals surface area (Å²) in [5.74, 6) is 2.17. The Hall–Kier alpha value is -1.79. The monoisotopic (exact) mass is 303 g/mol. The van der Waals surface area contributed by atoms with E-state index in [0.29, 0.717) is 11.0 Å². The molecule has 3 rings (SSSR count). The molecule has 0 amide bonds. The molecule has 102 valence electrons. The first-order chi connectivity index (χ1) is 9.78. The number of ether oxygens (including phenoxy) is 1. The lowest BCUT2D eigenvalue weighted by Gasteiger charge is -2.07.